The van der Waals surface area contributed by atoms with Crippen LogP contribution in [0.5, 0.6) is 0 Å². The molecule has 0 fully saturated rings. The van der Waals surface area contributed by atoms with Crippen molar-refractivity contribution in [3.63, 3.8) is 0 Å². The number of carboxylic acids is 1. The number of aromatic nitrogens is 1. The molecule has 0 bridgehead atoms. The molecule has 0 aliphatic carbocycles. The number of rotatable bonds is 3. The maximum Gasteiger partial charge on any atom is 0.338 e. The highest BCUT2D eigenvalue weighted by Crippen LogP contribution is 2.16. The molecular weight excluding hydrogens is 287 g/mol. The molecule has 20 heavy (non-hydrogen) atoms. The van der Waals surface area contributed by atoms with Gasteiger partial charge in [-0.3, -0.25) is 4.79 Å². The van der Waals surface area contributed by atoms with Crippen LogP contribution >= 0.6 is 11.6 Å². The SMILES string of the molecule is O=C(Nc1ccc(F)c(C(=O)O)c1)c1ccnc(Cl)c1. The Hall–Kier alpha value is -2.47. The lowest BCUT2D eigenvalue weighted by Crippen LogP contribution is -2.13. The van der Waals surface area contributed by atoms with E-state index in [2.05, 4.69) is 10.3 Å². The predicted molar refractivity (Wildman–Crippen MR) is 70.6 cm³/mol. The number of halogens is 2. The molecule has 7 heteroatoms. The van der Waals surface area contributed by atoms with Crippen molar-refractivity contribution in [2.45, 2.75) is 0 Å². The summed E-state index contributed by atoms with van der Waals surface area (Å²) in [5.41, 5.74) is -0.0940. The Morgan fingerprint density at radius 2 is 2.00 bits per heavy atom. The fourth-order valence-electron chi connectivity index (χ4n) is 1.51. The summed E-state index contributed by atoms with van der Waals surface area (Å²) < 4.78 is 13.2. The topological polar surface area (TPSA) is 79.3 Å². The molecule has 1 amide bonds. The molecule has 0 saturated heterocycles. The van der Waals surface area contributed by atoms with Gasteiger partial charge in [-0.25, -0.2) is 14.2 Å². The molecule has 5 nitrogen and oxygen atoms in total. The lowest BCUT2D eigenvalue weighted by molar-refractivity contribution is 0.0691. The van der Waals surface area contributed by atoms with E-state index in [9.17, 15) is 14.0 Å². The summed E-state index contributed by atoms with van der Waals surface area (Å²) in [6.45, 7) is 0. The third kappa shape index (κ3) is 3.10. The minimum Gasteiger partial charge on any atom is -0.478 e. The predicted octanol–water partition coefficient (Wildman–Crippen LogP) is 2.82. The average Bonchev–Trinajstić information content (AvgIpc) is 2.40. The second kappa shape index (κ2) is 5.66. The standard InChI is InChI=1S/C13H8ClFN2O3/c14-11-5-7(3-4-16-11)12(18)17-8-1-2-10(15)9(6-8)13(19)20/h1-6H,(H,17,18)(H,19,20). The van der Waals surface area contributed by atoms with Crippen molar-refractivity contribution in [3.05, 3.63) is 58.6 Å². The number of benzene rings is 1. The number of carbonyl (C=O) groups excluding carboxylic acids is 1. The zero-order valence-corrected chi connectivity index (χ0v) is 10.7. The maximum atomic E-state index is 13.2. The minimum absolute atomic E-state index is 0.156. The summed E-state index contributed by atoms with van der Waals surface area (Å²) in [5.74, 6) is -2.79. The van der Waals surface area contributed by atoms with Gasteiger partial charge >= 0.3 is 5.97 Å². The van der Waals surface area contributed by atoms with Crippen molar-refractivity contribution in [1.82, 2.24) is 4.98 Å². The molecule has 102 valence electrons. The second-order valence-electron chi connectivity index (χ2n) is 3.82. The van der Waals surface area contributed by atoms with E-state index in [-0.39, 0.29) is 16.4 Å². The minimum atomic E-state index is -1.41. The van der Waals surface area contributed by atoms with Crippen molar-refractivity contribution in [3.8, 4) is 0 Å². The van der Waals surface area contributed by atoms with Crippen LogP contribution in [-0.2, 0) is 0 Å². The van der Waals surface area contributed by atoms with Crippen LogP contribution in [0, 0.1) is 5.82 Å². The highest BCUT2D eigenvalue weighted by molar-refractivity contribution is 6.29. The monoisotopic (exact) mass is 294 g/mol. The lowest BCUT2D eigenvalue weighted by Gasteiger charge is -2.06. The second-order valence-corrected chi connectivity index (χ2v) is 4.21. The summed E-state index contributed by atoms with van der Waals surface area (Å²) in [6, 6.07) is 6.08. The third-order valence-corrected chi connectivity index (χ3v) is 2.65. The van der Waals surface area contributed by atoms with E-state index >= 15 is 0 Å². The molecule has 0 aliphatic heterocycles. The van der Waals surface area contributed by atoms with E-state index in [1.165, 1.54) is 24.4 Å². The summed E-state index contributed by atoms with van der Waals surface area (Å²) in [7, 11) is 0. The normalized spacial score (nSPS) is 10.1. The molecular formula is C13H8ClFN2O3. The van der Waals surface area contributed by atoms with Gasteiger partial charge in [-0.15, -0.1) is 0 Å². The third-order valence-electron chi connectivity index (χ3n) is 2.44. The molecule has 0 spiro atoms. The molecule has 1 aromatic carbocycles. The van der Waals surface area contributed by atoms with Crippen LogP contribution in [0.2, 0.25) is 5.15 Å². The number of nitrogens with one attached hydrogen (secondary N) is 1. The summed E-state index contributed by atoms with van der Waals surface area (Å²) >= 11 is 5.66. The van der Waals surface area contributed by atoms with Crippen molar-refractivity contribution in [2.75, 3.05) is 5.32 Å². The van der Waals surface area contributed by atoms with Gasteiger partial charge in [-0.1, -0.05) is 11.6 Å². The van der Waals surface area contributed by atoms with Crippen LogP contribution in [0.3, 0.4) is 0 Å². The van der Waals surface area contributed by atoms with Gasteiger partial charge < -0.3 is 10.4 Å². The first kappa shape index (κ1) is 14.0. The first-order valence-corrected chi connectivity index (χ1v) is 5.81. The lowest BCUT2D eigenvalue weighted by atomic mass is 10.1. The first-order chi connectivity index (χ1) is 9.47. The van der Waals surface area contributed by atoms with E-state index in [0.717, 1.165) is 12.1 Å². The molecule has 0 atom stereocenters. The van der Waals surface area contributed by atoms with Gasteiger partial charge in [0.1, 0.15) is 11.0 Å². The molecule has 2 aromatic rings. The summed E-state index contributed by atoms with van der Waals surface area (Å²) in [4.78, 5) is 26.4. The van der Waals surface area contributed by atoms with E-state index in [1.54, 1.807) is 0 Å². The molecule has 0 radical (unpaired) electrons. The van der Waals surface area contributed by atoms with Crippen LogP contribution in [-0.4, -0.2) is 22.0 Å². The number of carboxylic acid groups (broad SMARTS) is 1. The Morgan fingerprint density at radius 1 is 1.25 bits per heavy atom. The van der Waals surface area contributed by atoms with Gasteiger partial charge in [-0.05, 0) is 30.3 Å². The van der Waals surface area contributed by atoms with Crippen molar-refractivity contribution >= 4 is 29.2 Å². The number of aromatic carboxylic acids is 1. The van der Waals surface area contributed by atoms with Crippen molar-refractivity contribution < 1.29 is 19.1 Å². The maximum absolute atomic E-state index is 13.2. The van der Waals surface area contributed by atoms with E-state index in [1.807, 2.05) is 0 Å². The highest BCUT2D eigenvalue weighted by Gasteiger charge is 2.13. The van der Waals surface area contributed by atoms with E-state index < -0.39 is 23.3 Å². The number of pyridine rings is 1. The average molecular weight is 295 g/mol. The largest absolute Gasteiger partial charge is 0.478 e. The summed E-state index contributed by atoms with van der Waals surface area (Å²) in [6.07, 6.45) is 1.37. The first-order valence-electron chi connectivity index (χ1n) is 5.43. The number of hydrogen-bond donors (Lipinski definition) is 2. The molecule has 0 aliphatic rings. The number of amides is 1. The van der Waals surface area contributed by atoms with Gasteiger partial charge in [0, 0.05) is 17.4 Å². The van der Waals surface area contributed by atoms with Crippen LogP contribution in [0.15, 0.2) is 36.5 Å². The van der Waals surface area contributed by atoms with E-state index in [0.29, 0.717) is 0 Å². The fourth-order valence-corrected chi connectivity index (χ4v) is 1.69. The van der Waals surface area contributed by atoms with Crippen LogP contribution in [0.4, 0.5) is 10.1 Å². The van der Waals surface area contributed by atoms with Crippen molar-refractivity contribution in [2.24, 2.45) is 0 Å². The fraction of sp³-hybridized carbons (Fsp3) is 0. The summed E-state index contributed by atoms with van der Waals surface area (Å²) in [5, 5.41) is 11.4. The Labute approximate surface area is 118 Å². The zero-order chi connectivity index (χ0) is 14.7. The number of nitrogens with zero attached hydrogens (tertiary/aromatic N) is 1. The van der Waals surface area contributed by atoms with Gasteiger partial charge in [0.25, 0.3) is 5.91 Å². The number of hydrogen-bond acceptors (Lipinski definition) is 3. The molecule has 0 saturated carbocycles. The Balaban J connectivity index is 2.24. The van der Waals surface area contributed by atoms with Crippen molar-refractivity contribution in [1.29, 1.82) is 0 Å². The van der Waals surface area contributed by atoms with Gasteiger partial charge in [0.15, 0.2) is 0 Å². The Kier molecular flexibility index (Phi) is 3.95. The zero-order valence-electron chi connectivity index (χ0n) is 9.93. The molecule has 0 unspecified atom stereocenters. The Morgan fingerprint density at radius 3 is 2.65 bits per heavy atom. The van der Waals surface area contributed by atoms with Gasteiger partial charge in [0.2, 0.25) is 0 Å². The molecule has 2 rings (SSSR count). The molecule has 1 aromatic heterocycles. The molecule has 2 N–H and O–H groups in total. The van der Waals surface area contributed by atoms with Crippen LogP contribution in [0.25, 0.3) is 0 Å². The van der Waals surface area contributed by atoms with Crippen LogP contribution in [0.1, 0.15) is 20.7 Å². The highest BCUT2D eigenvalue weighted by atomic mass is 35.5. The Bertz CT molecular complexity index is 691. The number of carbonyl (C=O) groups is 2. The number of anilines is 1. The van der Waals surface area contributed by atoms with Gasteiger partial charge in [0.05, 0.1) is 5.56 Å². The van der Waals surface area contributed by atoms with Gasteiger partial charge in [-0.2, -0.15) is 0 Å². The smallest absolute Gasteiger partial charge is 0.338 e. The van der Waals surface area contributed by atoms with Crippen LogP contribution < -0.4 is 5.32 Å². The molecule has 1 heterocycles. The quantitative estimate of drug-likeness (QED) is 0.853. The van der Waals surface area contributed by atoms with E-state index in [4.69, 9.17) is 16.7 Å².